The van der Waals surface area contributed by atoms with E-state index in [1.54, 1.807) is 6.07 Å². The van der Waals surface area contributed by atoms with Crippen molar-refractivity contribution in [3.63, 3.8) is 0 Å². The number of nitrogens with zero attached hydrogens (tertiary/aromatic N) is 1. The summed E-state index contributed by atoms with van der Waals surface area (Å²) >= 11 is 3.64. The van der Waals surface area contributed by atoms with Crippen molar-refractivity contribution in [1.29, 1.82) is 0 Å². The molecular formula is C26H30BrNO3. The molecule has 0 aliphatic heterocycles. The molecule has 4 nitrogen and oxygen atoms in total. The van der Waals surface area contributed by atoms with Crippen LogP contribution < -0.4 is 4.74 Å². The van der Waals surface area contributed by atoms with E-state index in [2.05, 4.69) is 39.1 Å². The van der Waals surface area contributed by atoms with Gasteiger partial charge >= 0.3 is 5.97 Å². The van der Waals surface area contributed by atoms with Crippen LogP contribution in [0.1, 0.15) is 80.0 Å². The first-order valence-electron chi connectivity index (χ1n) is 11.4. The van der Waals surface area contributed by atoms with Crippen LogP contribution in [0.2, 0.25) is 0 Å². The van der Waals surface area contributed by atoms with Gasteiger partial charge in [0.15, 0.2) is 0 Å². The molecule has 0 N–H and O–H groups in total. The van der Waals surface area contributed by atoms with Crippen LogP contribution >= 0.6 is 15.9 Å². The van der Waals surface area contributed by atoms with Crippen LogP contribution in [-0.4, -0.2) is 24.2 Å². The largest absolute Gasteiger partial charge is 0.493 e. The molecule has 1 fully saturated rings. The van der Waals surface area contributed by atoms with Gasteiger partial charge in [-0.25, -0.2) is 9.78 Å². The number of hydrogen-bond acceptors (Lipinski definition) is 4. The molecule has 2 aromatic rings. The van der Waals surface area contributed by atoms with E-state index in [0.717, 1.165) is 47.3 Å². The van der Waals surface area contributed by atoms with Gasteiger partial charge in [0.1, 0.15) is 11.4 Å². The molecule has 0 unspecified atom stereocenters. The van der Waals surface area contributed by atoms with Gasteiger partial charge in [-0.15, -0.1) is 0 Å². The average molecular weight is 484 g/mol. The summed E-state index contributed by atoms with van der Waals surface area (Å²) in [6, 6.07) is 11.9. The molecule has 0 amide bonds. The van der Waals surface area contributed by atoms with E-state index in [9.17, 15) is 4.79 Å². The van der Waals surface area contributed by atoms with Gasteiger partial charge in [-0.1, -0.05) is 41.3 Å². The Morgan fingerprint density at radius 1 is 1.06 bits per heavy atom. The molecule has 31 heavy (non-hydrogen) atoms. The van der Waals surface area contributed by atoms with Crippen LogP contribution in [0.5, 0.6) is 5.75 Å². The summed E-state index contributed by atoms with van der Waals surface area (Å²) in [5, 5.41) is 0. The van der Waals surface area contributed by atoms with Gasteiger partial charge in [0.2, 0.25) is 0 Å². The first-order valence-corrected chi connectivity index (χ1v) is 12.2. The van der Waals surface area contributed by atoms with E-state index in [-0.39, 0.29) is 5.97 Å². The molecule has 1 saturated carbocycles. The first-order chi connectivity index (χ1) is 15.2. The maximum absolute atomic E-state index is 12.2. The number of halogens is 1. The second-order valence-corrected chi connectivity index (χ2v) is 9.31. The Morgan fingerprint density at radius 3 is 2.68 bits per heavy atom. The molecule has 0 saturated heterocycles. The summed E-state index contributed by atoms with van der Waals surface area (Å²) in [7, 11) is 0. The molecule has 1 aromatic heterocycles. The zero-order valence-electron chi connectivity index (χ0n) is 18.2. The molecule has 5 heteroatoms. The molecule has 1 aromatic carbocycles. The predicted molar refractivity (Wildman–Crippen MR) is 127 cm³/mol. The fraction of sp³-hybridized carbons (Fsp3) is 0.462. The Morgan fingerprint density at radius 2 is 1.87 bits per heavy atom. The SMILES string of the molecule is CCOC(=O)c1cccc(C2=C(c3cc(Br)ccc3OCC3CCCCC3)CCC2)n1. The third-order valence-corrected chi connectivity index (χ3v) is 6.72. The summed E-state index contributed by atoms with van der Waals surface area (Å²) in [5.41, 5.74) is 4.83. The van der Waals surface area contributed by atoms with Crippen LogP contribution in [0.4, 0.5) is 0 Å². The lowest BCUT2D eigenvalue weighted by atomic mass is 9.90. The zero-order valence-corrected chi connectivity index (χ0v) is 19.7. The van der Waals surface area contributed by atoms with E-state index < -0.39 is 0 Å². The lowest BCUT2D eigenvalue weighted by Gasteiger charge is -2.23. The predicted octanol–water partition coefficient (Wildman–Crippen LogP) is 7.07. The number of allylic oxidation sites excluding steroid dienone is 2. The Labute approximate surface area is 193 Å². The lowest BCUT2D eigenvalue weighted by Crippen LogP contribution is -2.15. The molecule has 1 heterocycles. The van der Waals surface area contributed by atoms with Crippen LogP contribution in [-0.2, 0) is 4.74 Å². The van der Waals surface area contributed by atoms with E-state index in [1.807, 2.05) is 19.1 Å². The van der Waals surface area contributed by atoms with E-state index in [4.69, 9.17) is 9.47 Å². The lowest BCUT2D eigenvalue weighted by molar-refractivity contribution is 0.0519. The molecule has 0 atom stereocenters. The standard InChI is InChI=1S/C26H30BrNO3/c1-2-30-26(29)24-13-7-12-23(28-24)21-11-6-10-20(21)22-16-19(27)14-15-25(22)31-17-18-8-4-3-5-9-18/h7,12-16,18H,2-6,8-11,17H2,1H3. The van der Waals surface area contributed by atoms with Gasteiger partial charge in [0, 0.05) is 10.0 Å². The van der Waals surface area contributed by atoms with Gasteiger partial charge < -0.3 is 9.47 Å². The number of pyridine rings is 1. The van der Waals surface area contributed by atoms with Crippen molar-refractivity contribution in [3.8, 4) is 5.75 Å². The van der Waals surface area contributed by atoms with Crippen LogP contribution in [0.15, 0.2) is 40.9 Å². The minimum Gasteiger partial charge on any atom is -0.493 e. The summed E-state index contributed by atoms with van der Waals surface area (Å²) in [6.07, 6.45) is 9.53. The van der Waals surface area contributed by atoms with Crippen molar-refractivity contribution in [2.45, 2.75) is 58.3 Å². The highest BCUT2D eigenvalue weighted by Gasteiger charge is 2.23. The summed E-state index contributed by atoms with van der Waals surface area (Å²) in [4.78, 5) is 16.8. The molecule has 0 bridgehead atoms. The minimum absolute atomic E-state index is 0.346. The highest BCUT2D eigenvalue weighted by Crippen LogP contribution is 2.43. The van der Waals surface area contributed by atoms with Crippen molar-refractivity contribution >= 4 is 33.0 Å². The maximum atomic E-state index is 12.2. The van der Waals surface area contributed by atoms with E-state index in [1.165, 1.54) is 43.3 Å². The van der Waals surface area contributed by atoms with Crippen molar-refractivity contribution in [2.75, 3.05) is 13.2 Å². The number of esters is 1. The first kappa shape index (κ1) is 22.1. The summed E-state index contributed by atoms with van der Waals surface area (Å²) in [5.74, 6) is 1.23. The Balaban J connectivity index is 1.64. The number of aromatic nitrogens is 1. The average Bonchev–Trinajstić information content (AvgIpc) is 3.29. The zero-order chi connectivity index (χ0) is 21.6. The third kappa shape index (κ3) is 5.38. The quantitative estimate of drug-likeness (QED) is 0.394. The highest BCUT2D eigenvalue weighted by atomic mass is 79.9. The normalized spacial score (nSPS) is 17.1. The number of hydrogen-bond donors (Lipinski definition) is 0. The Hall–Kier alpha value is -2.14. The number of ether oxygens (including phenoxy) is 2. The molecule has 2 aliphatic carbocycles. The number of carbonyl (C=O) groups excluding carboxylic acids is 1. The Kier molecular flexibility index (Phi) is 7.44. The number of rotatable bonds is 7. The van der Waals surface area contributed by atoms with Gasteiger partial charge in [-0.2, -0.15) is 0 Å². The minimum atomic E-state index is -0.372. The van der Waals surface area contributed by atoms with E-state index in [0.29, 0.717) is 18.2 Å². The number of benzene rings is 1. The van der Waals surface area contributed by atoms with Crippen molar-refractivity contribution in [3.05, 3.63) is 57.8 Å². The summed E-state index contributed by atoms with van der Waals surface area (Å²) in [6.45, 7) is 2.94. The fourth-order valence-electron chi connectivity index (χ4n) is 4.67. The smallest absolute Gasteiger partial charge is 0.356 e. The van der Waals surface area contributed by atoms with Gasteiger partial charge in [0.25, 0.3) is 0 Å². The van der Waals surface area contributed by atoms with Crippen LogP contribution in [0.3, 0.4) is 0 Å². The monoisotopic (exact) mass is 483 g/mol. The maximum Gasteiger partial charge on any atom is 0.356 e. The van der Waals surface area contributed by atoms with Gasteiger partial charge in [0.05, 0.1) is 18.9 Å². The van der Waals surface area contributed by atoms with Gasteiger partial charge in [-0.3, -0.25) is 0 Å². The van der Waals surface area contributed by atoms with Crippen LogP contribution in [0.25, 0.3) is 11.1 Å². The van der Waals surface area contributed by atoms with Crippen molar-refractivity contribution in [1.82, 2.24) is 4.98 Å². The van der Waals surface area contributed by atoms with Crippen molar-refractivity contribution < 1.29 is 14.3 Å². The van der Waals surface area contributed by atoms with Gasteiger partial charge in [-0.05, 0) is 86.4 Å². The van der Waals surface area contributed by atoms with Crippen molar-refractivity contribution in [2.24, 2.45) is 5.92 Å². The highest BCUT2D eigenvalue weighted by molar-refractivity contribution is 9.10. The molecule has 0 spiro atoms. The number of carbonyl (C=O) groups is 1. The molecular weight excluding hydrogens is 454 g/mol. The molecule has 2 aliphatic rings. The molecule has 0 radical (unpaired) electrons. The Bertz CT molecular complexity index is 963. The molecule has 4 rings (SSSR count). The second-order valence-electron chi connectivity index (χ2n) is 8.39. The fourth-order valence-corrected chi connectivity index (χ4v) is 5.03. The van der Waals surface area contributed by atoms with Crippen LogP contribution in [0, 0.1) is 5.92 Å². The third-order valence-electron chi connectivity index (χ3n) is 6.23. The summed E-state index contributed by atoms with van der Waals surface area (Å²) < 4.78 is 12.6. The second kappa shape index (κ2) is 10.4. The molecule has 164 valence electrons. The topological polar surface area (TPSA) is 48.4 Å². The van der Waals surface area contributed by atoms with E-state index >= 15 is 0 Å².